The van der Waals surface area contributed by atoms with Gasteiger partial charge in [-0.25, -0.2) is 14.6 Å². The highest BCUT2D eigenvalue weighted by atomic mass is 19.3. The summed E-state index contributed by atoms with van der Waals surface area (Å²) in [6.45, 7) is 0.610. The van der Waals surface area contributed by atoms with Crippen LogP contribution >= 0.6 is 0 Å². The fourth-order valence-electron chi connectivity index (χ4n) is 2.97. The zero-order valence-electron chi connectivity index (χ0n) is 13.9. The van der Waals surface area contributed by atoms with Gasteiger partial charge in [-0.2, -0.15) is 13.9 Å². The van der Waals surface area contributed by atoms with Gasteiger partial charge in [-0.1, -0.05) is 0 Å². The lowest BCUT2D eigenvalue weighted by atomic mass is 10.0. The van der Waals surface area contributed by atoms with Crippen molar-refractivity contribution in [3.63, 3.8) is 0 Å². The smallest absolute Gasteiger partial charge is 0.388 e. The Morgan fingerprint density at radius 2 is 2.31 bits per heavy atom. The molecule has 0 saturated carbocycles. The second-order valence-electron chi connectivity index (χ2n) is 6.04. The predicted molar refractivity (Wildman–Crippen MR) is 87.5 cm³/mol. The molecule has 3 aromatic heterocycles. The molecule has 1 fully saturated rings. The van der Waals surface area contributed by atoms with Crippen molar-refractivity contribution in [1.82, 2.24) is 29.9 Å². The van der Waals surface area contributed by atoms with Crippen LogP contribution in [0.25, 0.3) is 11.2 Å². The molecule has 0 aromatic carbocycles. The van der Waals surface area contributed by atoms with Gasteiger partial charge < -0.3 is 14.8 Å². The molecule has 2 atom stereocenters. The van der Waals surface area contributed by atoms with Crippen LogP contribution in [0.2, 0.25) is 0 Å². The maximum absolute atomic E-state index is 12.2. The number of nitrogens with zero attached hydrogens (tertiary/aromatic N) is 5. The molecule has 4 heterocycles. The molecule has 1 aliphatic heterocycles. The molecule has 11 heteroatoms. The van der Waals surface area contributed by atoms with E-state index in [0.29, 0.717) is 35.3 Å². The number of aromatic nitrogens is 6. The number of ether oxygens (including phenoxy) is 2. The van der Waals surface area contributed by atoms with Gasteiger partial charge in [-0.05, 0) is 13.3 Å². The lowest BCUT2D eigenvalue weighted by Crippen LogP contribution is -2.18. The quantitative estimate of drug-likeness (QED) is 0.692. The summed E-state index contributed by atoms with van der Waals surface area (Å²) < 4.78 is 35.9. The molecule has 0 amide bonds. The molecule has 9 nitrogen and oxygen atoms in total. The summed E-state index contributed by atoms with van der Waals surface area (Å²) in [5.41, 5.74) is 1.31. The van der Waals surface area contributed by atoms with Crippen LogP contribution in [0.5, 0.6) is 5.88 Å². The number of aromatic amines is 1. The largest absolute Gasteiger partial charge is 0.415 e. The van der Waals surface area contributed by atoms with Gasteiger partial charge in [0.05, 0.1) is 25.0 Å². The summed E-state index contributed by atoms with van der Waals surface area (Å²) in [5.74, 6) is 0.952. The highest BCUT2D eigenvalue weighted by molar-refractivity contribution is 5.72. The summed E-state index contributed by atoms with van der Waals surface area (Å²) in [4.78, 5) is 8.88. The third-order valence-electron chi connectivity index (χ3n) is 4.36. The molecule has 3 aromatic rings. The second-order valence-corrected chi connectivity index (χ2v) is 6.04. The number of H-pyrrole nitrogens is 1. The van der Waals surface area contributed by atoms with E-state index in [-0.39, 0.29) is 11.9 Å². The molecule has 1 saturated heterocycles. The Balaban J connectivity index is 1.56. The van der Waals surface area contributed by atoms with Crippen molar-refractivity contribution in [3.05, 3.63) is 18.5 Å². The van der Waals surface area contributed by atoms with Gasteiger partial charge in [0, 0.05) is 18.6 Å². The first-order chi connectivity index (χ1) is 12.6. The summed E-state index contributed by atoms with van der Waals surface area (Å²) in [6, 6.07) is 1.44. The van der Waals surface area contributed by atoms with E-state index in [1.54, 1.807) is 6.20 Å². The maximum Gasteiger partial charge on any atom is 0.388 e. The molecule has 1 aliphatic rings. The van der Waals surface area contributed by atoms with Crippen molar-refractivity contribution in [2.45, 2.75) is 26.0 Å². The molecule has 2 unspecified atom stereocenters. The summed E-state index contributed by atoms with van der Waals surface area (Å²) in [5, 5.41) is 13.5. The molecule has 0 aliphatic carbocycles. The SMILES string of the molecule is CC(C1CCOC1)n1ncc2ncc(Nc3cc(OC(F)F)n[nH]3)nc21. The van der Waals surface area contributed by atoms with Crippen LogP contribution in [0, 0.1) is 5.92 Å². The highest BCUT2D eigenvalue weighted by Crippen LogP contribution is 2.28. The normalized spacial score (nSPS) is 18.5. The molecule has 26 heavy (non-hydrogen) atoms. The first-order valence-electron chi connectivity index (χ1n) is 8.15. The molecule has 0 bridgehead atoms. The zero-order chi connectivity index (χ0) is 18.1. The second kappa shape index (κ2) is 6.83. The monoisotopic (exact) mass is 365 g/mol. The van der Waals surface area contributed by atoms with E-state index in [0.717, 1.165) is 13.0 Å². The number of nitrogens with one attached hydrogen (secondary N) is 2. The fraction of sp³-hybridized carbons (Fsp3) is 0.467. The number of alkyl halides is 2. The van der Waals surface area contributed by atoms with Gasteiger partial charge in [-0.3, -0.25) is 5.10 Å². The minimum atomic E-state index is -2.93. The first-order valence-corrected chi connectivity index (χ1v) is 8.15. The number of halogens is 2. The summed E-state index contributed by atoms with van der Waals surface area (Å²) in [7, 11) is 0. The third-order valence-corrected chi connectivity index (χ3v) is 4.36. The number of fused-ring (bicyclic) bond motifs is 1. The average Bonchev–Trinajstić information content (AvgIpc) is 3.34. The topological polar surface area (TPSA) is 103 Å². The lowest BCUT2D eigenvalue weighted by Gasteiger charge is -2.18. The van der Waals surface area contributed by atoms with Crippen LogP contribution < -0.4 is 10.1 Å². The molecular weight excluding hydrogens is 348 g/mol. The Bertz CT molecular complexity index is 891. The summed E-state index contributed by atoms with van der Waals surface area (Å²) >= 11 is 0. The van der Waals surface area contributed by atoms with E-state index >= 15 is 0 Å². The lowest BCUT2D eigenvalue weighted by molar-refractivity contribution is -0.0528. The average molecular weight is 365 g/mol. The Hall–Kier alpha value is -2.82. The maximum atomic E-state index is 12.2. The van der Waals surface area contributed by atoms with E-state index in [2.05, 4.69) is 42.2 Å². The van der Waals surface area contributed by atoms with Crippen molar-refractivity contribution in [3.8, 4) is 5.88 Å². The highest BCUT2D eigenvalue weighted by Gasteiger charge is 2.26. The molecule has 138 valence electrons. The molecule has 4 rings (SSSR count). The van der Waals surface area contributed by atoms with E-state index in [1.165, 1.54) is 12.3 Å². The standard InChI is InChI=1S/C15H17F2N7O2/c1-8(9-2-3-25-7-9)24-14-10(5-19-24)18-6-12(21-14)20-11-4-13(23-22-11)26-15(16)17/h4-6,8-9,15H,2-3,7H2,1H3,(H2,20,21,22,23). The van der Waals surface area contributed by atoms with E-state index < -0.39 is 6.61 Å². The van der Waals surface area contributed by atoms with Crippen molar-refractivity contribution < 1.29 is 18.3 Å². The van der Waals surface area contributed by atoms with E-state index in [1.807, 2.05) is 4.68 Å². The minimum absolute atomic E-state index is 0.123. The molecule has 0 spiro atoms. The Kier molecular flexibility index (Phi) is 4.37. The van der Waals surface area contributed by atoms with Crippen molar-refractivity contribution in [1.29, 1.82) is 0 Å². The van der Waals surface area contributed by atoms with Crippen LogP contribution in [0.15, 0.2) is 18.5 Å². The molecule has 2 N–H and O–H groups in total. The van der Waals surface area contributed by atoms with Gasteiger partial charge in [-0.15, -0.1) is 5.10 Å². The van der Waals surface area contributed by atoms with Crippen LogP contribution in [0.4, 0.5) is 20.4 Å². The Labute approximate surface area is 146 Å². The predicted octanol–water partition coefficient (Wildman–Crippen LogP) is 2.49. The molecular formula is C15H17F2N7O2. The van der Waals surface area contributed by atoms with Crippen LogP contribution in [0.3, 0.4) is 0 Å². The van der Waals surface area contributed by atoms with Gasteiger partial charge in [0.1, 0.15) is 11.3 Å². The fourth-order valence-corrected chi connectivity index (χ4v) is 2.97. The number of anilines is 2. The van der Waals surface area contributed by atoms with Gasteiger partial charge in [0.15, 0.2) is 11.5 Å². The number of rotatable bonds is 6. The van der Waals surface area contributed by atoms with Gasteiger partial charge >= 0.3 is 6.61 Å². The van der Waals surface area contributed by atoms with Crippen LogP contribution in [-0.4, -0.2) is 49.8 Å². The van der Waals surface area contributed by atoms with E-state index in [9.17, 15) is 8.78 Å². The number of hydrogen-bond acceptors (Lipinski definition) is 7. The van der Waals surface area contributed by atoms with E-state index in [4.69, 9.17) is 4.74 Å². The molecule has 0 radical (unpaired) electrons. The van der Waals surface area contributed by atoms with Crippen molar-refractivity contribution in [2.24, 2.45) is 5.92 Å². The minimum Gasteiger partial charge on any atom is -0.415 e. The van der Waals surface area contributed by atoms with Gasteiger partial charge in [0.2, 0.25) is 5.88 Å². The first kappa shape index (κ1) is 16.6. The van der Waals surface area contributed by atoms with Crippen LogP contribution in [-0.2, 0) is 4.74 Å². The third kappa shape index (κ3) is 3.29. The van der Waals surface area contributed by atoms with Gasteiger partial charge in [0.25, 0.3) is 0 Å². The number of hydrogen-bond donors (Lipinski definition) is 2. The zero-order valence-corrected chi connectivity index (χ0v) is 13.9. The Morgan fingerprint density at radius 3 is 3.08 bits per heavy atom. The van der Waals surface area contributed by atoms with Crippen LogP contribution in [0.1, 0.15) is 19.4 Å². The van der Waals surface area contributed by atoms with Crippen molar-refractivity contribution >= 4 is 22.8 Å². The van der Waals surface area contributed by atoms with Crippen molar-refractivity contribution in [2.75, 3.05) is 18.5 Å². The summed E-state index contributed by atoms with van der Waals surface area (Å²) in [6.07, 6.45) is 4.18. The Morgan fingerprint density at radius 1 is 1.42 bits per heavy atom.